The smallest absolute Gasteiger partial charge is 0.310 e. The molecule has 2 bridgehead atoms. The summed E-state index contributed by atoms with van der Waals surface area (Å²) in [6.07, 6.45) is 1.19. The second-order valence-electron chi connectivity index (χ2n) is 3.73. The Morgan fingerprint density at radius 3 is 2.33 bits per heavy atom. The average molecular weight is 171 g/mol. The summed E-state index contributed by atoms with van der Waals surface area (Å²) >= 11 is 0. The van der Waals surface area contributed by atoms with E-state index in [4.69, 9.17) is 5.11 Å². The molecule has 2 rings (SSSR count). The first-order valence-corrected chi connectivity index (χ1v) is 4.25. The molecule has 12 heavy (non-hydrogen) atoms. The highest BCUT2D eigenvalue weighted by Gasteiger charge is 2.53. The van der Waals surface area contributed by atoms with Crippen LogP contribution >= 0.6 is 0 Å². The fraction of sp³-hybridized carbons (Fsp3) is 0.875. The maximum absolute atomic E-state index is 10.8. The number of aliphatic hydroxyl groups excluding tert-OH is 1. The average Bonchev–Trinajstić information content (AvgIpc) is 2.43. The van der Waals surface area contributed by atoms with Crippen LogP contribution in [0.3, 0.4) is 0 Å². The van der Waals surface area contributed by atoms with Crippen LogP contribution in [0.2, 0.25) is 0 Å². The third-order valence-corrected chi connectivity index (χ3v) is 3.27. The Hall–Kier alpha value is -0.610. The highest BCUT2D eigenvalue weighted by molar-refractivity contribution is 5.72. The minimum absolute atomic E-state index is 0.0579. The number of rotatable bonds is 1. The molecular formula is C8H13NO3. The number of aliphatic hydroxyl groups is 1. The maximum Gasteiger partial charge on any atom is 0.310 e. The lowest BCUT2D eigenvalue weighted by molar-refractivity contribution is -0.146. The van der Waals surface area contributed by atoms with Crippen LogP contribution in [0.1, 0.15) is 12.8 Å². The number of hydrogen-bond donors (Lipinski definition) is 2. The lowest BCUT2D eigenvalue weighted by atomic mass is 9.87. The van der Waals surface area contributed by atoms with Crippen molar-refractivity contribution in [3.8, 4) is 0 Å². The molecule has 0 aromatic heterocycles. The number of aliphatic carboxylic acids is 1. The summed E-state index contributed by atoms with van der Waals surface area (Å²) in [4.78, 5) is 12.8. The Morgan fingerprint density at radius 2 is 2.00 bits per heavy atom. The maximum atomic E-state index is 10.8. The van der Waals surface area contributed by atoms with E-state index in [0.29, 0.717) is 0 Å². The molecule has 4 nitrogen and oxygen atoms in total. The van der Waals surface area contributed by atoms with Crippen molar-refractivity contribution in [2.45, 2.75) is 31.0 Å². The van der Waals surface area contributed by atoms with Gasteiger partial charge in [-0.2, -0.15) is 0 Å². The molecule has 2 N–H and O–H groups in total. The number of likely N-dealkylation sites (N-methyl/N-ethyl adjacent to an activating group) is 1. The van der Waals surface area contributed by atoms with Crippen molar-refractivity contribution in [2.24, 2.45) is 5.92 Å². The van der Waals surface area contributed by atoms with E-state index >= 15 is 0 Å². The first-order chi connectivity index (χ1) is 5.63. The molecule has 0 aliphatic carbocycles. The molecular weight excluding hydrogens is 158 g/mol. The van der Waals surface area contributed by atoms with E-state index in [1.807, 2.05) is 11.9 Å². The van der Waals surface area contributed by atoms with Crippen LogP contribution in [0.25, 0.3) is 0 Å². The molecule has 0 radical (unpaired) electrons. The zero-order valence-electron chi connectivity index (χ0n) is 6.97. The Bertz CT molecular complexity index is 218. The zero-order valence-corrected chi connectivity index (χ0v) is 6.97. The van der Waals surface area contributed by atoms with E-state index in [-0.39, 0.29) is 12.1 Å². The lowest BCUT2D eigenvalue weighted by Gasteiger charge is -2.20. The van der Waals surface area contributed by atoms with Gasteiger partial charge < -0.3 is 10.2 Å². The van der Waals surface area contributed by atoms with Gasteiger partial charge in [0.1, 0.15) is 0 Å². The van der Waals surface area contributed by atoms with Gasteiger partial charge in [-0.05, 0) is 19.9 Å². The van der Waals surface area contributed by atoms with E-state index in [2.05, 4.69) is 0 Å². The second-order valence-corrected chi connectivity index (χ2v) is 3.73. The molecule has 68 valence electrons. The molecule has 4 heteroatoms. The van der Waals surface area contributed by atoms with Gasteiger partial charge >= 0.3 is 5.97 Å². The summed E-state index contributed by atoms with van der Waals surface area (Å²) < 4.78 is 0. The normalized spacial score (nSPS) is 46.8. The van der Waals surface area contributed by atoms with Gasteiger partial charge in [-0.3, -0.25) is 9.69 Å². The highest BCUT2D eigenvalue weighted by Crippen LogP contribution is 2.40. The minimum Gasteiger partial charge on any atom is -0.481 e. The van der Waals surface area contributed by atoms with Gasteiger partial charge in [-0.15, -0.1) is 0 Å². The summed E-state index contributed by atoms with van der Waals surface area (Å²) in [6, 6.07) is 0.138. The molecule has 2 aliphatic heterocycles. The molecule has 0 spiro atoms. The van der Waals surface area contributed by atoms with Crippen molar-refractivity contribution in [1.82, 2.24) is 4.90 Å². The van der Waals surface area contributed by atoms with Gasteiger partial charge in [-0.1, -0.05) is 0 Å². The quantitative estimate of drug-likeness (QED) is 0.559. The van der Waals surface area contributed by atoms with Gasteiger partial charge in [0.15, 0.2) is 0 Å². The minimum atomic E-state index is -0.860. The molecule has 2 heterocycles. The zero-order chi connectivity index (χ0) is 8.88. The standard InChI is InChI=1S/C8H13NO3/c1-9-4-2-3-5(9)7(10)6(4)8(11)12/h4-7,10H,2-3H2,1H3,(H,11,12)/t4?,5-,6?,7?/m1/s1. The summed E-state index contributed by atoms with van der Waals surface area (Å²) in [7, 11) is 1.90. The first kappa shape index (κ1) is 8.01. The fourth-order valence-corrected chi connectivity index (χ4v) is 2.62. The van der Waals surface area contributed by atoms with Crippen LogP contribution in [0, 0.1) is 5.92 Å². The van der Waals surface area contributed by atoms with Crippen molar-refractivity contribution in [2.75, 3.05) is 7.05 Å². The monoisotopic (exact) mass is 171 g/mol. The molecule has 3 unspecified atom stereocenters. The van der Waals surface area contributed by atoms with Crippen LogP contribution in [0.5, 0.6) is 0 Å². The molecule has 2 fully saturated rings. The summed E-state index contributed by atoms with van der Waals surface area (Å²) in [5.41, 5.74) is 0. The Morgan fingerprint density at radius 1 is 1.42 bits per heavy atom. The topological polar surface area (TPSA) is 60.8 Å². The molecule has 2 saturated heterocycles. The van der Waals surface area contributed by atoms with Gasteiger partial charge in [0.25, 0.3) is 0 Å². The van der Waals surface area contributed by atoms with Crippen LogP contribution in [-0.2, 0) is 4.79 Å². The molecule has 0 amide bonds. The molecule has 2 aliphatic rings. The Kier molecular flexibility index (Phi) is 1.63. The number of carboxylic acids is 1. The van der Waals surface area contributed by atoms with Crippen molar-refractivity contribution < 1.29 is 15.0 Å². The van der Waals surface area contributed by atoms with Crippen molar-refractivity contribution in [3.05, 3.63) is 0 Å². The number of carboxylic acid groups (broad SMARTS) is 1. The van der Waals surface area contributed by atoms with E-state index < -0.39 is 18.0 Å². The van der Waals surface area contributed by atoms with Crippen LogP contribution < -0.4 is 0 Å². The van der Waals surface area contributed by atoms with Crippen molar-refractivity contribution >= 4 is 5.97 Å². The molecule has 0 aromatic rings. The van der Waals surface area contributed by atoms with Gasteiger partial charge in [0.05, 0.1) is 12.0 Å². The second kappa shape index (κ2) is 2.44. The lowest BCUT2D eigenvalue weighted by Crippen LogP contribution is -2.37. The summed E-state index contributed by atoms with van der Waals surface area (Å²) in [5, 5.41) is 18.4. The summed E-state index contributed by atoms with van der Waals surface area (Å²) in [5.74, 6) is -1.42. The molecule has 0 aromatic carbocycles. The van der Waals surface area contributed by atoms with E-state index in [1.54, 1.807) is 0 Å². The van der Waals surface area contributed by atoms with Crippen molar-refractivity contribution in [3.63, 3.8) is 0 Å². The third-order valence-electron chi connectivity index (χ3n) is 3.27. The van der Waals surface area contributed by atoms with Gasteiger partial charge in [0.2, 0.25) is 0 Å². The fourth-order valence-electron chi connectivity index (χ4n) is 2.62. The van der Waals surface area contributed by atoms with E-state index in [0.717, 1.165) is 12.8 Å². The molecule has 0 saturated carbocycles. The van der Waals surface area contributed by atoms with Crippen molar-refractivity contribution in [1.29, 1.82) is 0 Å². The summed E-state index contributed by atoms with van der Waals surface area (Å²) in [6.45, 7) is 0. The molecule has 4 atom stereocenters. The Balaban J connectivity index is 2.23. The number of fused-ring (bicyclic) bond motifs is 2. The van der Waals surface area contributed by atoms with Gasteiger partial charge in [0, 0.05) is 12.1 Å². The van der Waals surface area contributed by atoms with Crippen LogP contribution in [-0.4, -0.2) is 46.3 Å². The Labute approximate surface area is 70.8 Å². The number of carbonyl (C=O) groups is 1. The van der Waals surface area contributed by atoms with Crippen LogP contribution in [0.15, 0.2) is 0 Å². The van der Waals surface area contributed by atoms with Crippen LogP contribution in [0.4, 0.5) is 0 Å². The first-order valence-electron chi connectivity index (χ1n) is 4.25. The predicted octanol–water partition coefficient (Wildman–Crippen LogP) is -0.476. The number of nitrogens with zero attached hydrogens (tertiary/aromatic N) is 1. The van der Waals surface area contributed by atoms with E-state index in [9.17, 15) is 9.90 Å². The van der Waals surface area contributed by atoms with Gasteiger partial charge in [-0.25, -0.2) is 0 Å². The van der Waals surface area contributed by atoms with E-state index in [1.165, 1.54) is 0 Å². The predicted molar refractivity (Wildman–Crippen MR) is 41.7 cm³/mol. The third kappa shape index (κ3) is 0.820. The largest absolute Gasteiger partial charge is 0.481 e. The number of hydrogen-bond acceptors (Lipinski definition) is 3. The highest BCUT2D eigenvalue weighted by atomic mass is 16.4. The SMILES string of the molecule is CN1C2CC[C@@H]1C(O)C2C(=O)O.